The predicted molar refractivity (Wildman–Crippen MR) is 134 cm³/mol. The molecule has 34 heavy (non-hydrogen) atoms. The quantitative estimate of drug-likeness (QED) is 0.187. The molecule has 0 radical (unpaired) electrons. The van der Waals surface area contributed by atoms with Crippen molar-refractivity contribution in [2.24, 2.45) is 0 Å². The summed E-state index contributed by atoms with van der Waals surface area (Å²) in [6, 6.07) is 23.4. The molecule has 0 aliphatic rings. The van der Waals surface area contributed by atoms with Gasteiger partial charge in [-0.05, 0) is 54.4 Å². The molecule has 1 heterocycles. The Hall–Kier alpha value is -3.22. The number of carbonyl (C=O) groups is 1. The van der Waals surface area contributed by atoms with Crippen LogP contribution in [0.4, 0.5) is 0 Å². The SMILES string of the molecule is COC(=O)Cc1ccc(SCc2cccc(OCc3nc(-c4ccccc4)oc3C)c2)c(Cl)c1. The summed E-state index contributed by atoms with van der Waals surface area (Å²) in [5.74, 6) is 2.55. The second-order valence-corrected chi connectivity index (χ2v) is 9.05. The summed E-state index contributed by atoms with van der Waals surface area (Å²) < 4.78 is 16.5. The van der Waals surface area contributed by atoms with Crippen LogP contribution in [0, 0.1) is 6.92 Å². The first-order valence-electron chi connectivity index (χ1n) is 10.7. The number of benzene rings is 3. The van der Waals surface area contributed by atoms with Crippen LogP contribution in [-0.4, -0.2) is 18.1 Å². The molecule has 0 aliphatic heterocycles. The molecular weight excluding hydrogens is 470 g/mol. The number of halogens is 1. The summed E-state index contributed by atoms with van der Waals surface area (Å²) in [6.45, 7) is 2.22. The summed E-state index contributed by atoms with van der Waals surface area (Å²) in [4.78, 5) is 17.0. The van der Waals surface area contributed by atoms with Crippen LogP contribution in [0.1, 0.15) is 22.6 Å². The highest BCUT2D eigenvalue weighted by Gasteiger charge is 2.12. The summed E-state index contributed by atoms with van der Waals surface area (Å²) in [5, 5.41) is 0.620. The number of nitrogens with zero attached hydrogens (tertiary/aromatic N) is 1. The molecule has 0 atom stereocenters. The van der Waals surface area contributed by atoms with E-state index in [0.717, 1.165) is 44.5 Å². The van der Waals surface area contributed by atoms with Crippen molar-refractivity contribution in [1.29, 1.82) is 0 Å². The number of hydrogen-bond acceptors (Lipinski definition) is 6. The molecule has 4 rings (SSSR count). The van der Waals surface area contributed by atoms with E-state index >= 15 is 0 Å². The summed E-state index contributed by atoms with van der Waals surface area (Å²) >= 11 is 8.05. The molecular formula is C27H24ClNO4S. The van der Waals surface area contributed by atoms with Crippen LogP contribution in [0.3, 0.4) is 0 Å². The first kappa shape index (κ1) is 23.9. The van der Waals surface area contributed by atoms with Crippen LogP contribution in [0.15, 0.2) is 82.1 Å². The fraction of sp³-hybridized carbons (Fsp3) is 0.185. The second kappa shape index (κ2) is 11.3. The van der Waals surface area contributed by atoms with Gasteiger partial charge in [0.25, 0.3) is 0 Å². The van der Waals surface area contributed by atoms with E-state index < -0.39 is 0 Å². The number of ether oxygens (including phenoxy) is 2. The molecule has 4 aromatic rings. The largest absolute Gasteiger partial charge is 0.487 e. The van der Waals surface area contributed by atoms with Crippen molar-refractivity contribution in [3.63, 3.8) is 0 Å². The Morgan fingerprint density at radius 1 is 1.03 bits per heavy atom. The molecule has 5 nitrogen and oxygen atoms in total. The van der Waals surface area contributed by atoms with E-state index in [9.17, 15) is 4.79 Å². The molecule has 0 saturated carbocycles. The molecule has 174 valence electrons. The highest BCUT2D eigenvalue weighted by molar-refractivity contribution is 7.98. The van der Waals surface area contributed by atoms with E-state index in [-0.39, 0.29) is 12.4 Å². The topological polar surface area (TPSA) is 61.6 Å². The highest BCUT2D eigenvalue weighted by Crippen LogP contribution is 2.31. The lowest BCUT2D eigenvalue weighted by atomic mass is 10.1. The highest BCUT2D eigenvalue weighted by atomic mass is 35.5. The number of aromatic nitrogens is 1. The first-order valence-corrected chi connectivity index (χ1v) is 12.1. The van der Waals surface area contributed by atoms with Crippen molar-refractivity contribution in [1.82, 2.24) is 4.98 Å². The van der Waals surface area contributed by atoms with Crippen molar-refractivity contribution < 1.29 is 18.7 Å². The lowest BCUT2D eigenvalue weighted by Gasteiger charge is -2.09. The Labute approximate surface area is 208 Å². The lowest BCUT2D eigenvalue weighted by molar-refractivity contribution is -0.139. The van der Waals surface area contributed by atoms with Crippen LogP contribution in [-0.2, 0) is 28.3 Å². The normalized spacial score (nSPS) is 10.8. The third-order valence-electron chi connectivity index (χ3n) is 5.15. The summed E-state index contributed by atoms with van der Waals surface area (Å²) in [7, 11) is 1.38. The van der Waals surface area contributed by atoms with Gasteiger partial charge >= 0.3 is 5.97 Å². The number of oxazole rings is 1. The minimum absolute atomic E-state index is 0.207. The van der Waals surface area contributed by atoms with Gasteiger partial charge in [0.1, 0.15) is 23.8 Å². The second-order valence-electron chi connectivity index (χ2n) is 7.63. The minimum Gasteiger partial charge on any atom is -0.487 e. The fourth-order valence-corrected chi connectivity index (χ4v) is 4.54. The maximum Gasteiger partial charge on any atom is 0.309 e. The molecule has 7 heteroatoms. The van der Waals surface area contributed by atoms with Gasteiger partial charge in [0.05, 0.1) is 18.6 Å². The molecule has 0 N–H and O–H groups in total. The number of rotatable bonds is 9. The van der Waals surface area contributed by atoms with Gasteiger partial charge < -0.3 is 13.9 Å². The van der Waals surface area contributed by atoms with Crippen LogP contribution >= 0.6 is 23.4 Å². The van der Waals surface area contributed by atoms with Gasteiger partial charge in [0, 0.05) is 16.2 Å². The Morgan fingerprint density at radius 3 is 2.62 bits per heavy atom. The number of esters is 1. The zero-order valence-corrected chi connectivity index (χ0v) is 20.5. The van der Waals surface area contributed by atoms with E-state index in [1.807, 2.05) is 79.7 Å². The van der Waals surface area contributed by atoms with E-state index in [0.29, 0.717) is 17.5 Å². The number of thioether (sulfide) groups is 1. The third-order valence-corrected chi connectivity index (χ3v) is 6.72. The number of aryl methyl sites for hydroxylation is 1. The average Bonchev–Trinajstić information content (AvgIpc) is 3.23. The zero-order valence-electron chi connectivity index (χ0n) is 18.9. The summed E-state index contributed by atoms with van der Waals surface area (Å²) in [5.41, 5.74) is 3.65. The minimum atomic E-state index is -0.287. The van der Waals surface area contributed by atoms with Crippen LogP contribution < -0.4 is 4.74 Å². The lowest BCUT2D eigenvalue weighted by Crippen LogP contribution is -2.04. The van der Waals surface area contributed by atoms with Crippen molar-refractivity contribution in [2.45, 2.75) is 30.6 Å². The summed E-state index contributed by atoms with van der Waals surface area (Å²) in [6.07, 6.45) is 0.207. The smallest absolute Gasteiger partial charge is 0.309 e. The van der Waals surface area contributed by atoms with Gasteiger partial charge in [-0.1, -0.05) is 48.0 Å². The molecule has 0 spiro atoms. The Bertz CT molecular complexity index is 1270. The van der Waals surface area contributed by atoms with Crippen molar-refractivity contribution in [2.75, 3.05) is 7.11 Å². The van der Waals surface area contributed by atoms with E-state index in [1.165, 1.54) is 7.11 Å². The van der Waals surface area contributed by atoms with Gasteiger partial charge in [-0.25, -0.2) is 4.98 Å². The van der Waals surface area contributed by atoms with Gasteiger partial charge in [-0.3, -0.25) is 4.79 Å². The standard InChI is InChI=1S/C27H24ClNO4S/c1-18-24(29-27(33-18)21-8-4-3-5-9-21)16-32-22-10-6-7-20(13-22)17-34-25-12-11-19(14-23(25)28)15-26(30)31-2/h3-14H,15-17H2,1-2H3. The molecule has 0 bridgehead atoms. The molecule has 1 aromatic heterocycles. The van der Waals surface area contributed by atoms with E-state index in [2.05, 4.69) is 4.98 Å². The number of hydrogen-bond donors (Lipinski definition) is 0. The first-order chi connectivity index (χ1) is 16.5. The van der Waals surface area contributed by atoms with Gasteiger partial charge in [-0.15, -0.1) is 11.8 Å². The molecule has 0 saturated heterocycles. The monoisotopic (exact) mass is 493 g/mol. The Balaban J connectivity index is 1.36. The molecule has 0 amide bonds. The van der Waals surface area contributed by atoms with Crippen LogP contribution in [0.5, 0.6) is 5.75 Å². The maximum absolute atomic E-state index is 11.5. The van der Waals surface area contributed by atoms with Gasteiger partial charge in [-0.2, -0.15) is 0 Å². The van der Waals surface area contributed by atoms with Gasteiger partial charge in [0.2, 0.25) is 5.89 Å². The fourth-order valence-electron chi connectivity index (χ4n) is 3.31. The third kappa shape index (κ3) is 6.22. The molecule has 0 aliphatic carbocycles. The average molecular weight is 494 g/mol. The molecule has 3 aromatic carbocycles. The van der Waals surface area contributed by atoms with Crippen molar-refractivity contribution in [3.05, 3.63) is 100 Å². The van der Waals surface area contributed by atoms with E-state index in [4.69, 9.17) is 25.5 Å². The zero-order chi connectivity index (χ0) is 23.9. The van der Waals surface area contributed by atoms with Crippen LogP contribution in [0.2, 0.25) is 5.02 Å². The maximum atomic E-state index is 11.5. The van der Waals surface area contributed by atoms with Crippen LogP contribution in [0.25, 0.3) is 11.5 Å². The Kier molecular flexibility index (Phi) is 7.93. The van der Waals surface area contributed by atoms with Crippen molar-refractivity contribution in [3.8, 4) is 17.2 Å². The van der Waals surface area contributed by atoms with Crippen molar-refractivity contribution >= 4 is 29.3 Å². The van der Waals surface area contributed by atoms with Gasteiger partial charge in [0.15, 0.2) is 0 Å². The molecule has 0 unspecified atom stereocenters. The Morgan fingerprint density at radius 2 is 1.85 bits per heavy atom. The number of methoxy groups -OCH3 is 1. The van der Waals surface area contributed by atoms with E-state index in [1.54, 1.807) is 11.8 Å². The number of carbonyl (C=O) groups excluding carboxylic acids is 1. The molecule has 0 fully saturated rings. The predicted octanol–water partition coefficient (Wildman–Crippen LogP) is 6.89.